The molecule has 1 aliphatic heterocycles. The highest BCUT2D eigenvalue weighted by Crippen LogP contribution is 2.37. The number of carbonyl (C=O) groups is 1. The van der Waals surface area contributed by atoms with Gasteiger partial charge in [0.1, 0.15) is 18.0 Å². The Hall–Kier alpha value is -1.97. The molecule has 0 saturated heterocycles. The Labute approximate surface area is 94.5 Å². The van der Waals surface area contributed by atoms with Crippen LogP contribution in [0.25, 0.3) is 0 Å². The molecule has 0 aromatic heterocycles. The van der Waals surface area contributed by atoms with Crippen molar-refractivity contribution in [2.75, 3.05) is 30.4 Å². The number of fused-ring (bicyclic) bond motifs is 1. The number of nitrogens with zero attached hydrogens (tertiary/aromatic N) is 1. The van der Waals surface area contributed by atoms with Crippen LogP contribution in [0.2, 0.25) is 0 Å². The van der Waals surface area contributed by atoms with Crippen LogP contribution >= 0.6 is 0 Å². The maximum atomic E-state index is 11.3. The first-order chi connectivity index (χ1) is 7.72. The van der Waals surface area contributed by atoms with Gasteiger partial charge in [0.05, 0.1) is 12.2 Å². The lowest BCUT2D eigenvalue weighted by Crippen LogP contribution is -2.30. The number of ether oxygens (including phenoxy) is 1. The van der Waals surface area contributed by atoms with E-state index in [1.54, 1.807) is 0 Å². The number of hydrogen-bond donors (Lipinski definition) is 1. The molecule has 0 spiro atoms. The van der Waals surface area contributed by atoms with E-state index in [-0.39, 0.29) is 5.91 Å². The van der Waals surface area contributed by atoms with Crippen LogP contribution in [0.5, 0.6) is 5.75 Å². The molecule has 1 aliphatic rings. The number of likely N-dealkylation sites (N-methyl/N-ethyl adjacent to an activating group) is 1. The second-order valence-electron chi connectivity index (χ2n) is 3.62. The summed E-state index contributed by atoms with van der Waals surface area (Å²) < 4.78 is 5.53. The van der Waals surface area contributed by atoms with Gasteiger partial charge in [-0.15, -0.1) is 0 Å². The molecule has 0 atom stereocenters. The number of carbonyl (C=O) groups excluding carboxylic acids is 1. The van der Waals surface area contributed by atoms with Crippen molar-refractivity contribution in [2.24, 2.45) is 0 Å². The van der Waals surface area contributed by atoms with Gasteiger partial charge in [-0.05, 0) is 18.2 Å². The standard InChI is InChI=1S/C12H14N2O2/c1-3-11(15)13-9-5-4-6-10-12(9)14(2)7-8-16-10/h3-6H,1,7-8H2,2H3,(H,13,15). The summed E-state index contributed by atoms with van der Waals surface area (Å²) in [7, 11) is 1.98. The minimum absolute atomic E-state index is 0.215. The van der Waals surface area contributed by atoms with E-state index in [0.29, 0.717) is 6.61 Å². The van der Waals surface area contributed by atoms with E-state index in [1.165, 1.54) is 6.08 Å². The fraction of sp³-hybridized carbons (Fsp3) is 0.250. The molecular weight excluding hydrogens is 204 g/mol. The molecule has 1 aromatic rings. The number of benzene rings is 1. The molecule has 4 nitrogen and oxygen atoms in total. The molecule has 0 saturated carbocycles. The summed E-state index contributed by atoms with van der Waals surface area (Å²) in [5, 5.41) is 2.77. The van der Waals surface area contributed by atoms with Crippen LogP contribution in [0.4, 0.5) is 11.4 Å². The third-order valence-electron chi connectivity index (χ3n) is 2.51. The van der Waals surface area contributed by atoms with Gasteiger partial charge in [-0.2, -0.15) is 0 Å². The van der Waals surface area contributed by atoms with Crippen molar-refractivity contribution >= 4 is 17.3 Å². The second kappa shape index (κ2) is 4.26. The summed E-state index contributed by atoms with van der Waals surface area (Å²) in [5.41, 5.74) is 1.67. The Morgan fingerprint density at radius 1 is 1.62 bits per heavy atom. The predicted octanol–water partition coefficient (Wildman–Crippen LogP) is 1.64. The third kappa shape index (κ3) is 1.86. The van der Waals surface area contributed by atoms with Gasteiger partial charge in [-0.1, -0.05) is 12.6 Å². The zero-order valence-corrected chi connectivity index (χ0v) is 9.19. The SMILES string of the molecule is C=CC(=O)Nc1cccc2c1N(C)CCO2. The summed E-state index contributed by atoms with van der Waals surface area (Å²) in [6.07, 6.45) is 1.25. The summed E-state index contributed by atoms with van der Waals surface area (Å²) in [4.78, 5) is 13.4. The molecule has 0 fully saturated rings. The molecule has 84 valence electrons. The fourth-order valence-electron chi connectivity index (χ4n) is 1.72. The van der Waals surface area contributed by atoms with E-state index in [1.807, 2.05) is 25.2 Å². The molecule has 0 aliphatic carbocycles. The van der Waals surface area contributed by atoms with Crippen LogP contribution in [-0.4, -0.2) is 26.1 Å². The van der Waals surface area contributed by atoms with Crippen LogP contribution in [0, 0.1) is 0 Å². The van der Waals surface area contributed by atoms with Crippen molar-refractivity contribution in [3.63, 3.8) is 0 Å². The van der Waals surface area contributed by atoms with Gasteiger partial charge < -0.3 is 15.0 Å². The molecule has 0 radical (unpaired) electrons. The Bertz CT molecular complexity index is 429. The molecule has 1 amide bonds. The van der Waals surface area contributed by atoms with Crippen LogP contribution < -0.4 is 15.0 Å². The molecule has 1 heterocycles. The van der Waals surface area contributed by atoms with Crippen molar-refractivity contribution in [2.45, 2.75) is 0 Å². The lowest BCUT2D eigenvalue weighted by atomic mass is 10.2. The average molecular weight is 218 g/mol. The van der Waals surface area contributed by atoms with E-state index in [2.05, 4.69) is 16.8 Å². The first-order valence-electron chi connectivity index (χ1n) is 5.12. The average Bonchev–Trinajstić information content (AvgIpc) is 2.29. The molecule has 16 heavy (non-hydrogen) atoms. The van der Waals surface area contributed by atoms with Crippen LogP contribution in [-0.2, 0) is 4.79 Å². The highest BCUT2D eigenvalue weighted by atomic mass is 16.5. The van der Waals surface area contributed by atoms with E-state index in [0.717, 1.165) is 23.7 Å². The first kappa shape index (κ1) is 10.5. The van der Waals surface area contributed by atoms with Gasteiger partial charge in [-0.3, -0.25) is 4.79 Å². The lowest BCUT2D eigenvalue weighted by molar-refractivity contribution is -0.111. The van der Waals surface area contributed by atoms with Gasteiger partial charge in [0, 0.05) is 7.05 Å². The zero-order chi connectivity index (χ0) is 11.5. The molecular formula is C12H14N2O2. The Kier molecular flexibility index (Phi) is 2.81. The molecule has 2 rings (SSSR count). The number of rotatable bonds is 2. The molecule has 1 N–H and O–H groups in total. The lowest BCUT2D eigenvalue weighted by Gasteiger charge is -2.29. The molecule has 1 aromatic carbocycles. The number of anilines is 2. The molecule has 4 heteroatoms. The van der Waals surface area contributed by atoms with E-state index in [4.69, 9.17) is 4.74 Å². The molecule has 0 bridgehead atoms. The van der Waals surface area contributed by atoms with Gasteiger partial charge in [0.2, 0.25) is 5.91 Å². The van der Waals surface area contributed by atoms with Crippen LogP contribution in [0.15, 0.2) is 30.9 Å². The minimum Gasteiger partial charge on any atom is -0.489 e. The van der Waals surface area contributed by atoms with Crippen molar-refractivity contribution in [1.82, 2.24) is 0 Å². The Morgan fingerprint density at radius 2 is 2.44 bits per heavy atom. The monoisotopic (exact) mass is 218 g/mol. The third-order valence-corrected chi connectivity index (χ3v) is 2.51. The van der Waals surface area contributed by atoms with Crippen molar-refractivity contribution in [3.05, 3.63) is 30.9 Å². The van der Waals surface area contributed by atoms with Crippen LogP contribution in [0.3, 0.4) is 0 Å². The van der Waals surface area contributed by atoms with Crippen molar-refractivity contribution in [1.29, 1.82) is 0 Å². The summed E-state index contributed by atoms with van der Waals surface area (Å²) in [5.74, 6) is 0.586. The van der Waals surface area contributed by atoms with Gasteiger partial charge in [-0.25, -0.2) is 0 Å². The fourth-order valence-corrected chi connectivity index (χ4v) is 1.72. The second-order valence-corrected chi connectivity index (χ2v) is 3.62. The molecule has 0 unspecified atom stereocenters. The maximum absolute atomic E-state index is 11.3. The highest BCUT2D eigenvalue weighted by Gasteiger charge is 2.18. The maximum Gasteiger partial charge on any atom is 0.247 e. The largest absolute Gasteiger partial charge is 0.489 e. The topological polar surface area (TPSA) is 41.6 Å². The van der Waals surface area contributed by atoms with Crippen molar-refractivity contribution in [3.8, 4) is 5.75 Å². The van der Waals surface area contributed by atoms with Gasteiger partial charge >= 0.3 is 0 Å². The number of nitrogens with one attached hydrogen (secondary N) is 1. The van der Waals surface area contributed by atoms with E-state index < -0.39 is 0 Å². The Balaban J connectivity index is 2.38. The van der Waals surface area contributed by atoms with E-state index >= 15 is 0 Å². The summed E-state index contributed by atoms with van der Waals surface area (Å²) in [6.45, 7) is 4.91. The predicted molar refractivity (Wildman–Crippen MR) is 64.0 cm³/mol. The number of amides is 1. The van der Waals surface area contributed by atoms with E-state index in [9.17, 15) is 4.79 Å². The zero-order valence-electron chi connectivity index (χ0n) is 9.19. The van der Waals surface area contributed by atoms with Gasteiger partial charge in [0.15, 0.2) is 0 Å². The summed E-state index contributed by atoms with van der Waals surface area (Å²) >= 11 is 0. The first-order valence-corrected chi connectivity index (χ1v) is 5.12. The summed E-state index contributed by atoms with van der Waals surface area (Å²) in [6, 6.07) is 5.61. The van der Waals surface area contributed by atoms with Crippen molar-refractivity contribution < 1.29 is 9.53 Å². The number of hydrogen-bond acceptors (Lipinski definition) is 3. The minimum atomic E-state index is -0.215. The normalized spacial score (nSPS) is 13.7. The highest BCUT2D eigenvalue weighted by molar-refractivity contribution is 6.01. The Morgan fingerprint density at radius 3 is 3.19 bits per heavy atom. The quantitative estimate of drug-likeness (QED) is 0.767. The van der Waals surface area contributed by atoms with Crippen LogP contribution in [0.1, 0.15) is 0 Å². The van der Waals surface area contributed by atoms with Gasteiger partial charge in [0.25, 0.3) is 0 Å². The smallest absolute Gasteiger partial charge is 0.247 e. The number of para-hydroxylation sites is 1.